The highest BCUT2D eigenvalue weighted by molar-refractivity contribution is 6.06. The number of rotatable bonds is 2. The van der Waals surface area contributed by atoms with Crippen molar-refractivity contribution in [3.05, 3.63) is 35.1 Å². The molecule has 1 aliphatic rings. The van der Waals surface area contributed by atoms with E-state index in [1.54, 1.807) is 19.1 Å². The molecule has 1 atom stereocenters. The van der Waals surface area contributed by atoms with E-state index in [-0.39, 0.29) is 11.7 Å². The first-order valence-electron chi connectivity index (χ1n) is 5.49. The Morgan fingerprint density at radius 3 is 2.88 bits per heavy atom. The van der Waals surface area contributed by atoms with Gasteiger partial charge in [-0.25, -0.2) is 4.39 Å². The minimum atomic E-state index is -0.486. The Labute approximate surface area is 98.9 Å². The number of nitrogens with one attached hydrogen (secondary N) is 2. The highest BCUT2D eigenvalue weighted by Gasteiger charge is 2.29. The van der Waals surface area contributed by atoms with Crippen LogP contribution >= 0.6 is 0 Å². The summed E-state index contributed by atoms with van der Waals surface area (Å²) in [7, 11) is 0. The van der Waals surface area contributed by atoms with Gasteiger partial charge in [0.25, 0.3) is 5.91 Å². The smallest absolute Gasteiger partial charge is 0.253 e. The fourth-order valence-electron chi connectivity index (χ4n) is 1.75. The third-order valence-electron chi connectivity index (χ3n) is 2.62. The predicted molar refractivity (Wildman–Crippen MR) is 63.1 cm³/mol. The quantitative estimate of drug-likeness (QED) is 0.811. The Balaban J connectivity index is 2.26. The molecule has 0 spiro atoms. The number of hydrogen-bond donors (Lipinski definition) is 2. The van der Waals surface area contributed by atoms with Crippen LogP contribution < -0.4 is 10.6 Å². The van der Waals surface area contributed by atoms with Crippen molar-refractivity contribution in [2.75, 3.05) is 6.54 Å². The highest BCUT2D eigenvalue weighted by atomic mass is 19.1. The number of aryl methyl sites for hydroxylation is 1. The number of carbonyl (C=O) groups excluding carboxylic acids is 1. The maximum atomic E-state index is 13.1. The van der Waals surface area contributed by atoms with Crippen molar-refractivity contribution in [1.29, 1.82) is 0 Å². The summed E-state index contributed by atoms with van der Waals surface area (Å²) in [6.45, 7) is 4.15. The summed E-state index contributed by atoms with van der Waals surface area (Å²) in [4.78, 5) is 15.8. The number of amides is 1. The van der Waals surface area contributed by atoms with E-state index in [4.69, 9.17) is 0 Å². The summed E-state index contributed by atoms with van der Waals surface area (Å²) in [5.74, 6) is 0.0438. The number of aliphatic imine (C=N–C) groups is 1. The van der Waals surface area contributed by atoms with Gasteiger partial charge in [-0.05, 0) is 31.0 Å². The third kappa shape index (κ3) is 2.27. The standard InChI is InChI=1S/C12H14FN3O/c1-3-14-12-15-10(11(17)16-12)8-4-5-9(13)7(2)6-8/h4-6,10H,3H2,1-2H3,(H2,14,15,16,17). The molecule has 1 heterocycles. The van der Waals surface area contributed by atoms with Crippen LogP contribution in [0.5, 0.6) is 0 Å². The van der Waals surface area contributed by atoms with Crippen LogP contribution in [-0.4, -0.2) is 18.4 Å². The van der Waals surface area contributed by atoms with E-state index in [2.05, 4.69) is 15.6 Å². The molecule has 2 N–H and O–H groups in total. The number of guanidine groups is 1. The molecule has 1 fully saturated rings. The molecule has 1 unspecified atom stereocenters. The zero-order chi connectivity index (χ0) is 12.4. The normalized spacial score (nSPS) is 21.5. The molecule has 0 saturated carbocycles. The highest BCUT2D eigenvalue weighted by Crippen LogP contribution is 2.19. The Morgan fingerprint density at radius 1 is 1.47 bits per heavy atom. The maximum Gasteiger partial charge on any atom is 0.253 e. The first-order valence-corrected chi connectivity index (χ1v) is 5.49. The molecule has 0 bridgehead atoms. The largest absolute Gasteiger partial charge is 0.340 e. The fraction of sp³-hybridized carbons (Fsp3) is 0.333. The number of nitrogens with zero attached hydrogens (tertiary/aromatic N) is 1. The second-order valence-electron chi connectivity index (χ2n) is 3.90. The summed E-state index contributed by atoms with van der Waals surface area (Å²) in [5, 5.41) is 5.62. The summed E-state index contributed by atoms with van der Waals surface area (Å²) < 4.78 is 13.1. The van der Waals surface area contributed by atoms with Crippen LogP contribution in [0.15, 0.2) is 23.2 Å². The second kappa shape index (κ2) is 4.53. The van der Waals surface area contributed by atoms with E-state index >= 15 is 0 Å². The molecule has 1 aliphatic heterocycles. The van der Waals surface area contributed by atoms with E-state index < -0.39 is 6.04 Å². The van der Waals surface area contributed by atoms with Crippen LogP contribution in [-0.2, 0) is 4.79 Å². The minimum absolute atomic E-state index is 0.164. The lowest BCUT2D eigenvalue weighted by Gasteiger charge is -2.09. The van der Waals surface area contributed by atoms with Crippen molar-refractivity contribution in [2.24, 2.45) is 4.99 Å². The first kappa shape index (κ1) is 11.6. The van der Waals surface area contributed by atoms with E-state index in [0.717, 1.165) is 5.56 Å². The number of hydrogen-bond acceptors (Lipinski definition) is 2. The van der Waals surface area contributed by atoms with Gasteiger partial charge in [-0.2, -0.15) is 0 Å². The van der Waals surface area contributed by atoms with Gasteiger partial charge in [0.05, 0.1) is 0 Å². The van der Waals surface area contributed by atoms with Crippen LogP contribution in [0.4, 0.5) is 4.39 Å². The Kier molecular flexibility index (Phi) is 3.08. The molecular weight excluding hydrogens is 221 g/mol. The molecule has 17 heavy (non-hydrogen) atoms. The van der Waals surface area contributed by atoms with Crippen LogP contribution in [0.25, 0.3) is 0 Å². The number of halogens is 1. The Morgan fingerprint density at radius 2 is 2.24 bits per heavy atom. The van der Waals surface area contributed by atoms with Crippen LogP contribution in [0, 0.1) is 12.7 Å². The third-order valence-corrected chi connectivity index (χ3v) is 2.62. The SMILES string of the molecule is CCN=C1NC(=O)C(c2ccc(F)c(C)c2)N1. The van der Waals surface area contributed by atoms with Crippen LogP contribution in [0.1, 0.15) is 24.1 Å². The van der Waals surface area contributed by atoms with E-state index in [9.17, 15) is 9.18 Å². The lowest BCUT2D eigenvalue weighted by atomic mass is 10.0. The first-order chi connectivity index (χ1) is 8.11. The molecule has 0 aliphatic carbocycles. The van der Waals surface area contributed by atoms with Crippen molar-refractivity contribution in [2.45, 2.75) is 19.9 Å². The molecule has 1 aromatic carbocycles. The zero-order valence-corrected chi connectivity index (χ0v) is 9.75. The van der Waals surface area contributed by atoms with Crippen molar-refractivity contribution >= 4 is 11.9 Å². The molecule has 90 valence electrons. The molecule has 1 amide bonds. The van der Waals surface area contributed by atoms with Gasteiger partial charge in [0, 0.05) is 6.54 Å². The Hall–Kier alpha value is -1.91. The lowest BCUT2D eigenvalue weighted by Crippen LogP contribution is -2.25. The van der Waals surface area contributed by atoms with Gasteiger partial charge in [0.1, 0.15) is 11.9 Å². The summed E-state index contributed by atoms with van der Waals surface area (Å²) in [5.41, 5.74) is 1.26. The van der Waals surface area contributed by atoms with E-state index in [0.29, 0.717) is 18.1 Å². The fourth-order valence-corrected chi connectivity index (χ4v) is 1.75. The topological polar surface area (TPSA) is 53.5 Å². The van der Waals surface area contributed by atoms with E-state index in [1.807, 2.05) is 6.92 Å². The monoisotopic (exact) mass is 235 g/mol. The maximum absolute atomic E-state index is 13.1. The molecule has 5 heteroatoms. The van der Waals surface area contributed by atoms with Gasteiger partial charge in [0.2, 0.25) is 0 Å². The minimum Gasteiger partial charge on any atom is -0.340 e. The summed E-state index contributed by atoms with van der Waals surface area (Å²) in [6.07, 6.45) is 0. The molecule has 0 radical (unpaired) electrons. The van der Waals surface area contributed by atoms with Crippen molar-refractivity contribution < 1.29 is 9.18 Å². The number of benzene rings is 1. The van der Waals surface area contributed by atoms with Gasteiger partial charge in [-0.1, -0.05) is 12.1 Å². The molecule has 1 aromatic rings. The van der Waals surface area contributed by atoms with Crippen molar-refractivity contribution in [1.82, 2.24) is 10.6 Å². The van der Waals surface area contributed by atoms with Crippen molar-refractivity contribution in [3.8, 4) is 0 Å². The van der Waals surface area contributed by atoms with Gasteiger partial charge in [-0.15, -0.1) is 0 Å². The van der Waals surface area contributed by atoms with Crippen LogP contribution in [0.2, 0.25) is 0 Å². The molecule has 4 nitrogen and oxygen atoms in total. The van der Waals surface area contributed by atoms with Gasteiger partial charge in [0.15, 0.2) is 5.96 Å². The predicted octanol–water partition coefficient (Wildman–Crippen LogP) is 1.27. The van der Waals surface area contributed by atoms with E-state index in [1.165, 1.54) is 6.07 Å². The lowest BCUT2D eigenvalue weighted by molar-refractivity contribution is -0.120. The van der Waals surface area contributed by atoms with Gasteiger partial charge < -0.3 is 5.32 Å². The average molecular weight is 235 g/mol. The summed E-state index contributed by atoms with van der Waals surface area (Å²) >= 11 is 0. The number of carbonyl (C=O) groups is 1. The Bertz CT molecular complexity index is 485. The van der Waals surface area contributed by atoms with Gasteiger partial charge >= 0.3 is 0 Å². The van der Waals surface area contributed by atoms with Crippen molar-refractivity contribution in [3.63, 3.8) is 0 Å². The molecule has 2 rings (SSSR count). The average Bonchev–Trinajstić information content (AvgIpc) is 2.64. The second-order valence-corrected chi connectivity index (χ2v) is 3.90. The summed E-state index contributed by atoms with van der Waals surface area (Å²) in [6, 6.07) is 4.16. The van der Waals surface area contributed by atoms with Crippen LogP contribution in [0.3, 0.4) is 0 Å². The zero-order valence-electron chi connectivity index (χ0n) is 9.75. The van der Waals surface area contributed by atoms with Gasteiger partial charge in [-0.3, -0.25) is 15.1 Å². The molecular formula is C12H14FN3O. The molecule has 1 saturated heterocycles. The molecule has 0 aromatic heterocycles.